The number of aryl methyl sites for hydroxylation is 1. The summed E-state index contributed by atoms with van der Waals surface area (Å²) in [6.45, 7) is 9.20. The molecule has 2 aromatic carbocycles. The number of hydrogen-bond donors (Lipinski definition) is 1. The maximum Gasteiger partial charge on any atom is 0.257 e. The summed E-state index contributed by atoms with van der Waals surface area (Å²) in [5, 5.41) is 8.38. The Kier molecular flexibility index (Phi) is 6.29. The van der Waals surface area contributed by atoms with Gasteiger partial charge in [-0.05, 0) is 60.4 Å². The number of piperazine rings is 1. The molecule has 0 bridgehead atoms. The molecule has 33 heavy (non-hydrogen) atoms. The molecule has 2 aliphatic heterocycles. The highest BCUT2D eigenvalue weighted by molar-refractivity contribution is 6.30. The van der Waals surface area contributed by atoms with Crippen molar-refractivity contribution in [3.63, 3.8) is 0 Å². The fraction of sp³-hybridized carbons (Fsp3) is 0.400. The molecule has 7 nitrogen and oxygen atoms in total. The van der Waals surface area contributed by atoms with Crippen LogP contribution in [0.1, 0.15) is 41.0 Å². The molecule has 5 rings (SSSR count). The zero-order chi connectivity index (χ0) is 22.9. The van der Waals surface area contributed by atoms with Crippen LogP contribution in [0, 0.1) is 6.92 Å². The van der Waals surface area contributed by atoms with Crippen molar-refractivity contribution < 1.29 is 9.32 Å². The molecule has 0 amide bonds. The molecule has 1 N–H and O–H groups in total. The first kappa shape index (κ1) is 22.2. The molecule has 8 heteroatoms. The van der Waals surface area contributed by atoms with Crippen molar-refractivity contribution in [3.05, 3.63) is 69.5 Å². The molecule has 1 saturated heterocycles. The van der Waals surface area contributed by atoms with Gasteiger partial charge < -0.3 is 14.6 Å². The molecule has 0 aliphatic carbocycles. The molecule has 3 heterocycles. The molecule has 0 saturated carbocycles. The van der Waals surface area contributed by atoms with Crippen molar-refractivity contribution >= 4 is 17.9 Å². The van der Waals surface area contributed by atoms with Crippen LogP contribution in [-0.4, -0.2) is 51.9 Å². The fourth-order valence-corrected chi connectivity index (χ4v) is 5.10. The molecular weight excluding hydrogens is 438 g/mol. The van der Waals surface area contributed by atoms with Crippen LogP contribution in [0.2, 0.25) is 5.02 Å². The van der Waals surface area contributed by atoms with Crippen LogP contribution in [0.25, 0.3) is 11.5 Å². The Labute approximate surface area is 198 Å². The summed E-state index contributed by atoms with van der Waals surface area (Å²) in [6, 6.07) is 12.1. The Morgan fingerprint density at radius 2 is 2.06 bits per heavy atom. The number of nitrogens with one attached hydrogen (secondary N) is 1. The first-order valence-electron chi connectivity index (χ1n) is 11.4. The second-order valence-corrected chi connectivity index (χ2v) is 9.52. The lowest BCUT2D eigenvalue weighted by Crippen LogP contribution is -2.48. The van der Waals surface area contributed by atoms with Gasteiger partial charge in [-0.25, -0.2) is 0 Å². The molecule has 172 valence electrons. The minimum Gasteiger partial charge on any atom is -0.334 e. The van der Waals surface area contributed by atoms with Gasteiger partial charge >= 0.3 is 0 Å². The van der Waals surface area contributed by atoms with Crippen LogP contribution >= 0.6 is 11.6 Å². The minimum absolute atomic E-state index is 0.266. The maximum absolute atomic E-state index is 12.0. The third-order valence-electron chi connectivity index (χ3n) is 6.50. The number of benzene rings is 2. The van der Waals surface area contributed by atoms with Crippen molar-refractivity contribution in [1.82, 2.24) is 25.3 Å². The Balaban J connectivity index is 1.35. The summed E-state index contributed by atoms with van der Waals surface area (Å²) in [5.74, 6) is 1.23. The summed E-state index contributed by atoms with van der Waals surface area (Å²) in [6.07, 6.45) is 1.04. The van der Waals surface area contributed by atoms with Crippen molar-refractivity contribution in [2.75, 3.05) is 19.6 Å². The maximum atomic E-state index is 12.0. The van der Waals surface area contributed by atoms with Crippen molar-refractivity contribution in [1.29, 1.82) is 0 Å². The van der Waals surface area contributed by atoms with Gasteiger partial charge in [-0.15, -0.1) is 0 Å². The van der Waals surface area contributed by atoms with Gasteiger partial charge in [0.2, 0.25) is 0 Å². The van der Waals surface area contributed by atoms with Crippen LogP contribution in [0.3, 0.4) is 0 Å². The third kappa shape index (κ3) is 4.73. The molecule has 0 radical (unpaired) electrons. The number of hydrogen-bond acceptors (Lipinski definition) is 7. The highest BCUT2D eigenvalue weighted by Gasteiger charge is 2.32. The molecular formula is C25H28ClN5O2. The quantitative estimate of drug-likeness (QED) is 0.555. The molecule has 3 aromatic rings. The normalized spacial score (nSPS) is 21.3. The lowest BCUT2D eigenvalue weighted by atomic mass is 9.97. The highest BCUT2D eigenvalue weighted by Crippen LogP contribution is 2.38. The largest absolute Gasteiger partial charge is 0.334 e. The monoisotopic (exact) mass is 465 g/mol. The second-order valence-electron chi connectivity index (χ2n) is 9.08. The molecule has 2 atom stereocenters. The summed E-state index contributed by atoms with van der Waals surface area (Å²) < 4.78 is 5.62. The first-order valence-corrected chi connectivity index (χ1v) is 11.7. The summed E-state index contributed by atoms with van der Waals surface area (Å²) >= 11 is 6.02. The van der Waals surface area contributed by atoms with Gasteiger partial charge in [0.25, 0.3) is 5.89 Å². The van der Waals surface area contributed by atoms with Gasteiger partial charge in [-0.1, -0.05) is 28.9 Å². The predicted molar refractivity (Wildman–Crippen MR) is 127 cm³/mol. The number of nitrogens with zero attached hydrogens (tertiary/aromatic N) is 4. The van der Waals surface area contributed by atoms with E-state index in [0.717, 1.165) is 53.7 Å². The summed E-state index contributed by atoms with van der Waals surface area (Å²) in [4.78, 5) is 21.2. The van der Waals surface area contributed by atoms with E-state index in [0.29, 0.717) is 42.4 Å². The average molecular weight is 466 g/mol. The summed E-state index contributed by atoms with van der Waals surface area (Å²) in [5.41, 5.74) is 5.30. The highest BCUT2D eigenvalue weighted by atomic mass is 35.5. The Morgan fingerprint density at radius 1 is 1.24 bits per heavy atom. The zero-order valence-electron chi connectivity index (χ0n) is 18.9. The minimum atomic E-state index is -0.266. The number of carbonyl (C=O) groups excluding carboxylic acids is 1. The SMILES string of the molecule is Cc1cc(-c2nc(CN3CCNC(C)C3)no2)cc2c1C(C=O)N(Cc1ccc(Cl)cc1)C2. The van der Waals surface area contributed by atoms with E-state index in [1.54, 1.807) is 0 Å². The van der Waals surface area contributed by atoms with Gasteiger partial charge in [0.05, 0.1) is 12.6 Å². The second kappa shape index (κ2) is 9.35. The van der Waals surface area contributed by atoms with E-state index < -0.39 is 0 Å². The van der Waals surface area contributed by atoms with E-state index in [2.05, 4.69) is 38.2 Å². The Morgan fingerprint density at radius 3 is 2.82 bits per heavy atom. The number of rotatable bonds is 6. The number of fused-ring (bicyclic) bond motifs is 1. The van der Waals surface area contributed by atoms with Crippen molar-refractivity contribution in [3.8, 4) is 11.5 Å². The lowest BCUT2D eigenvalue weighted by molar-refractivity contribution is -0.112. The van der Waals surface area contributed by atoms with Gasteiger partial charge in [-0.2, -0.15) is 4.98 Å². The standard InChI is InChI=1S/C25H28ClN5O2/c1-16-9-19(25-28-23(29-33-25)14-30-8-7-27-17(2)11-30)10-20-13-31(22(15-32)24(16)20)12-18-3-5-21(26)6-4-18/h3-6,9-10,15,17,22,27H,7-8,11-14H2,1-2H3. The third-order valence-corrected chi connectivity index (χ3v) is 6.75. The van der Waals surface area contributed by atoms with Crippen molar-refractivity contribution in [2.24, 2.45) is 0 Å². The fourth-order valence-electron chi connectivity index (χ4n) is 4.97. The topological polar surface area (TPSA) is 74.5 Å². The molecule has 1 aromatic heterocycles. The van der Waals surface area contributed by atoms with Crippen molar-refractivity contribution in [2.45, 2.75) is 45.6 Å². The first-order chi connectivity index (χ1) is 16.0. The van der Waals surface area contributed by atoms with Gasteiger partial charge in [0.1, 0.15) is 6.29 Å². The van der Waals surface area contributed by atoms with Gasteiger partial charge in [0.15, 0.2) is 5.82 Å². The smallest absolute Gasteiger partial charge is 0.257 e. The van der Waals surface area contributed by atoms with E-state index in [1.165, 1.54) is 0 Å². The predicted octanol–water partition coefficient (Wildman–Crippen LogP) is 3.75. The van der Waals surface area contributed by atoms with E-state index >= 15 is 0 Å². The molecule has 2 aliphatic rings. The van der Waals surface area contributed by atoms with Crippen LogP contribution in [0.15, 0.2) is 40.9 Å². The lowest BCUT2D eigenvalue weighted by Gasteiger charge is -2.30. The van der Waals surface area contributed by atoms with Crippen LogP contribution in [0.4, 0.5) is 0 Å². The number of aromatic nitrogens is 2. The molecule has 2 unspecified atom stereocenters. The molecule has 0 spiro atoms. The number of carbonyl (C=O) groups is 1. The molecule has 1 fully saturated rings. The van der Waals surface area contributed by atoms with E-state index in [4.69, 9.17) is 16.1 Å². The van der Waals surface area contributed by atoms with Crippen LogP contribution < -0.4 is 5.32 Å². The Hall–Kier alpha value is -2.58. The van der Waals surface area contributed by atoms with E-state index in [-0.39, 0.29) is 6.04 Å². The van der Waals surface area contributed by atoms with Gasteiger partial charge in [-0.3, -0.25) is 9.80 Å². The summed E-state index contributed by atoms with van der Waals surface area (Å²) in [7, 11) is 0. The van der Waals surface area contributed by atoms with Gasteiger partial charge in [0, 0.05) is 49.4 Å². The van der Waals surface area contributed by atoms with E-state index in [9.17, 15) is 4.79 Å². The number of halogens is 1. The zero-order valence-corrected chi connectivity index (χ0v) is 19.7. The number of aldehydes is 1. The Bertz CT molecular complexity index is 1150. The van der Waals surface area contributed by atoms with Crippen LogP contribution in [0.5, 0.6) is 0 Å². The van der Waals surface area contributed by atoms with E-state index in [1.807, 2.05) is 37.3 Å². The average Bonchev–Trinajstić information content (AvgIpc) is 3.39. The van der Waals surface area contributed by atoms with Crippen LogP contribution in [-0.2, 0) is 24.4 Å².